The van der Waals surface area contributed by atoms with E-state index < -0.39 is 0 Å². The highest BCUT2D eigenvalue weighted by molar-refractivity contribution is 7.14. The summed E-state index contributed by atoms with van der Waals surface area (Å²) >= 11 is 1.46. The van der Waals surface area contributed by atoms with Crippen molar-refractivity contribution in [2.45, 2.75) is 26.7 Å². The number of aryl methyl sites for hydroxylation is 3. The number of carbonyl (C=O) groups is 1. The van der Waals surface area contributed by atoms with Crippen LogP contribution in [0.1, 0.15) is 23.1 Å². The SMILES string of the molecule is Cc1ccc(C)c(-c2csc(NC(=O)CCc3c[nH]c4ccccc34)n2)c1. The normalized spacial score (nSPS) is 11.0. The molecule has 0 aliphatic heterocycles. The molecule has 2 N–H and O–H groups in total. The number of anilines is 1. The van der Waals surface area contributed by atoms with Gasteiger partial charge in [0.25, 0.3) is 0 Å². The molecule has 4 nitrogen and oxygen atoms in total. The van der Waals surface area contributed by atoms with Crippen LogP contribution in [-0.4, -0.2) is 15.9 Å². The van der Waals surface area contributed by atoms with E-state index in [4.69, 9.17) is 0 Å². The van der Waals surface area contributed by atoms with Gasteiger partial charge in [0.1, 0.15) is 0 Å². The fourth-order valence-corrected chi connectivity index (χ4v) is 3.96. The number of fused-ring (bicyclic) bond motifs is 1. The molecule has 2 aromatic heterocycles. The van der Waals surface area contributed by atoms with Gasteiger partial charge in [-0.15, -0.1) is 11.3 Å². The highest BCUT2D eigenvalue weighted by Gasteiger charge is 2.11. The summed E-state index contributed by atoms with van der Waals surface area (Å²) in [7, 11) is 0. The highest BCUT2D eigenvalue weighted by Crippen LogP contribution is 2.28. The van der Waals surface area contributed by atoms with Crippen molar-refractivity contribution in [2.75, 3.05) is 5.32 Å². The van der Waals surface area contributed by atoms with Gasteiger partial charge in [0, 0.05) is 34.5 Å². The first-order valence-electron chi connectivity index (χ1n) is 8.98. The Morgan fingerprint density at radius 1 is 1.19 bits per heavy atom. The van der Waals surface area contributed by atoms with Gasteiger partial charge in [-0.2, -0.15) is 0 Å². The summed E-state index contributed by atoms with van der Waals surface area (Å²) in [6.45, 7) is 4.15. The molecule has 27 heavy (non-hydrogen) atoms. The largest absolute Gasteiger partial charge is 0.361 e. The van der Waals surface area contributed by atoms with Gasteiger partial charge in [-0.1, -0.05) is 35.9 Å². The van der Waals surface area contributed by atoms with Crippen LogP contribution in [0, 0.1) is 13.8 Å². The van der Waals surface area contributed by atoms with Crippen molar-refractivity contribution in [1.29, 1.82) is 0 Å². The molecule has 136 valence electrons. The van der Waals surface area contributed by atoms with E-state index in [1.807, 2.05) is 29.8 Å². The van der Waals surface area contributed by atoms with Crippen LogP contribution < -0.4 is 5.32 Å². The number of aromatic amines is 1. The third kappa shape index (κ3) is 3.78. The van der Waals surface area contributed by atoms with Crippen molar-refractivity contribution in [3.63, 3.8) is 0 Å². The number of rotatable bonds is 5. The van der Waals surface area contributed by atoms with E-state index in [2.05, 4.69) is 53.4 Å². The molecule has 0 aliphatic rings. The minimum atomic E-state index is -0.0119. The molecule has 0 atom stereocenters. The molecule has 4 aromatic rings. The maximum absolute atomic E-state index is 12.4. The van der Waals surface area contributed by atoms with Crippen LogP contribution in [-0.2, 0) is 11.2 Å². The standard InChI is InChI=1S/C22H21N3OS/c1-14-7-8-15(2)18(11-14)20-13-27-22(24-20)25-21(26)10-9-16-12-23-19-6-4-3-5-17(16)19/h3-8,11-13,23H,9-10H2,1-2H3,(H,24,25,26). The lowest BCUT2D eigenvalue weighted by molar-refractivity contribution is -0.116. The Morgan fingerprint density at radius 2 is 2.04 bits per heavy atom. The lowest BCUT2D eigenvalue weighted by atomic mass is 10.0. The van der Waals surface area contributed by atoms with Crippen LogP contribution in [0.2, 0.25) is 0 Å². The van der Waals surface area contributed by atoms with Gasteiger partial charge < -0.3 is 10.3 Å². The Balaban J connectivity index is 1.41. The molecular weight excluding hydrogens is 354 g/mol. The molecule has 0 unspecified atom stereocenters. The lowest BCUT2D eigenvalue weighted by Crippen LogP contribution is -2.12. The first-order chi connectivity index (χ1) is 13.1. The summed E-state index contributed by atoms with van der Waals surface area (Å²) < 4.78 is 0. The van der Waals surface area contributed by atoms with E-state index in [1.54, 1.807) is 0 Å². The molecule has 0 saturated carbocycles. The van der Waals surface area contributed by atoms with Gasteiger partial charge >= 0.3 is 0 Å². The molecule has 0 fully saturated rings. The second-order valence-corrected chi connectivity index (χ2v) is 7.62. The van der Waals surface area contributed by atoms with Crippen molar-refractivity contribution >= 4 is 33.3 Å². The smallest absolute Gasteiger partial charge is 0.226 e. The van der Waals surface area contributed by atoms with Crippen molar-refractivity contribution in [3.05, 3.63) is 70.7 Å². The Hall–Kier alpha value is -2.92. The van der Waals surface area contributed by atoms with E-state index in [-0.39, 0.29) is 5.91 Å². The maximum atomic E-state index is 12.4. The molecule has 0 saturated heterocycles. The Bertz CT molecular complexity index is 1110. The Morgan fingerprint density at radius 3 is 2.93 bits per heavy atom. The van der Waals surface area contributed by atoms with Gasteiger partial charge in [0.2, 0.25) is 5.91 Å². The van der Waals surface area contributed by atoms with E-state index in [1.165, 1.54) is 27.8 Å². The summed E-state index contributed by atoms with van der Waals surface area (Å²) in [5.74, 6) is -0.0119. The number of nitrogens with one attached hydrogen (secondary N) is 2. The van der Waals surface area contributed by atoms with Crippen LogP contribution in [0.15, 0.2) is 54.0 Å². The third-order valence-electron chi connectivity index (χ3n) is 4.72. The van der Waals surface area contributed by atoms with Crippen LogP contribution >= 0.6 is 11.3 Å². The van der Waals surface area contributed by atoms with Gasteiger partial charge in [0.05, 0.1) is 5.69 Å². The fraction of sp³-hybridized carbons (Fsp3) is 0.182. The molecule has 0 spiro atoms. The Kier molecular flexibility index (Phi) is 4.77. The number of benzene rings is 2. The monoisotopic (exact) mass is 375 g/mol. The first kappa shape index (κ1) is 17.5. The topological polar surface area (TPSA) is 57.8 Å². The molecular formula is C22H21N3OS. The van der Waals surface area contributed by atoms with E-state index in [0.29, 0.717) is 18.0 Å². The summed E-state index contributed by atoms with van der Waals surface area (Å²) in [5.41, 5.74) is 6.68. The van der Waals surface area contributed by atoms with E-state index >= 15 is 0 Å². The second kappa shape index (κ2) is 7.37. The average Bonchev–Trinajstić information content (AvgIpc) is 3.29. The van der Waals surface area contributed by atoms with Gasteiger partial charge in [-0.25, -0.2) is 4.98 Å². The number of thiazole rings is 1. The predicted octanol–water partition coefficient (Wildman–Crippen LogP) is 5.48. The van der Waals surface area contributed by atoms with Crippen molar-refractivity contribution < 1.29 is 4.79 Å². The van der Waals surface area contributed by atoms with Crippen LogP contribution in [0.4, 0.5) is 5.13 Å². The van der Waals surface area contributed by atoms with Gasteiger partial charge in [-0.05, 0) is 43.5 Å². The lowest BCUT2D eigenvalue weighted by Gasteiger charge is -2.04. The molecule has 2 heterocycles. The van der Waals surface area contributed by atoms with Crippen LogP contribution in [0.5, 0.6) is 0 Å². The number of H-pyrrole nitrogens is 1. The minimum absolute atomic E-state index is 0.0119. The van der Waals surface area contributed by atoms with Crippen LogP contribution in [0.25, 0.3) is 22.2 Å². The first-order valence-corrected chi connectivity index (χ1v) is 9.86. The average molecular weight is 375 g/mol. The maximum Gasteiger partial charge on any atom is 0.226 e. The van der Waals surface area contributed by atoms with Crippen molar-refractivity contribution in [1.82, 2.24) is 9.97 Å². The molecule has 2 aromatic carbocycles. The number of hydrogen-bond acceptors (Lipinski definition) is 3. The minimum Gasteiger partial charge on any atom is -0.361 e. The van der Waals surface area contributed by atoms with Crippen LogP contribution in [0.3, 0.4) is 0 Å². The van der Waals surface area contributed by atoms with Crippen molar-refractivity contribution in [3.8, 4) is 11.3 Å². The molecule has 0 radical (unpaired) electrons. The molecule has 1 amide bonds. The van der Waals surface area contributed by atoms with E-state index in [9.17, 15) is 4.79 Å². The number of para-hydroxylation sites is 1. The Labute approximate surface area is 162 Å². The van der Waals surface area contributed by atoms with Gasteiger partial charge in [0.15, 0.2) is 5.13 Å². The summed E-state index contributed by atoms with van der Waals surface area (Å²) in [6, 6.07) is 14.5. The van der Waals surface area contributed by atoms with Gasteiger partial charge in [-0.3, -0.25) is 4.79 Å². The second-order valence-electron chi connectivity index (χ2n) is 6.76. The van der Waals surface area contributed by atoms with E-state index in [0.717, 1.165) is 22.3 Å². The number of amides is 1. The number of carbonyl (C=O) groups excluding carboxylic acids is 1. The molecule has 0 bridgehead atoms. The predicted molar refractivity (Wildman–Crippen MR) is 112 cm³/mol. The fourth-order valence-electron chi connectivity index (χ4n) is 3.24. The number of hydrogen-bond donors (Lipinski definition) is 2. The summed E-state index contributed by atoms with van der Waals surface area (Å²) in [4.78, 5) is 20.2. The zero-order chi connectivity index (χ0) is 18.8. The summed E-state index contributed by atoms with van der Waals surface area (Å²) in [6.07, 6.45) is 3.12. The van der Waals surface area contributed by atoms with Crippen molar-refractivity contribution in [2.24, 2.45) is 0 Å². The molecule has 0 aliphatic carbocycles. The summed E-state index contributed by atoms with van der Waals surface area (Å²) in [5, 5.41) is 6.76. The zero-order valence-electron chi connectivity index (χ0n) is 15.4. The molecule has 4 rings (SSSR count). The number of nitrogens with zero attached hydrogens (tertiary/aromatic N) is 1. The third-order valence-corrected chi connectivity index (χ3v) is 5.47. The molecule has 5 heteroatoms. The quantitative estimate of drug-likeness (QED) is 0.485. The highest BCUT2D eigenvalue weighted by atomic mass is 32.1. The zero-order valence-corrected chi connectivity index (χ0v) is 16.2. The number of aromatic nitrogens is 2.